The maximum Gasteiger partial charge on any atom is 0.441 e. The largest absolute Gasteiger partial charge is 0.497 e. The van der Waals surface area contributed by atoms with Crippen LogP contribution in [0.15, 0.2) is 48.8 Å². The molecule has 3 heterocycles. The van der Waals surface area contributed by atoms with Crippen molar-refractivity contribution in [3.05, 3.63) is 54.4 Å². The number of carbonyl (C=O) groups is 2. The molecule has 3 aromatic rings. The third-order valence-corrected chi connectivity index (χ3v) is 5.08. The summed E-state index contributed by atoms with van der Waals surface area (Å²) in [7, 11) is 1.62. The van der Waals surface area contributed by atoms with E-state index in [4.69, 9.17) is 24.2 Å². The molecule has 1 saturated heterocycles. The molecule has 4 rings (SSSR count). The lowest BCUT2D eigenvalue weighted by molar-refractivity contribution is -0.163. The first kappa shape index (κ1) is 21.6. The zero-order valence-corrected chi connectivity index (χ0v) is 17.5. The molecule has 32 heavy (non-hydrogen) atoms. The lowest BCUT2D eigenvalue weighted by Gasteiger charge is -2.32. The van der Waals surface area contributed by atoms with Crippen LogP contribution in [-0.2, 0) is 20.9 Å². The van der Waals surface area contributed by atoms with Crippen molar-refractivity contribution in [3.63, 3.8) is 0 Å². The number of hydrogen-bond acceptors (Lipinski definition) is 8. The summed E-state index contributed by atoms with van der Waals surface area (Å²) in [5.74, 6) is -1.54. The number of aromatic nitrogens is 2. The second kappa shape index (κ2) is 9.67. The summed E-state index contributed by atoms with van der Waals surface area (Å²) in [6.07, 6.45) is 3.04. The number of morpholine rings is 1. The first-order chi connectivity index (χ1) is 15.5. The highest BCUT2D eigenvalue weighted by Gasteiger charge is 2.24. The van der Waals surface area contributed by atoms with Gasteiger partial charge in [0.1, 0.15) is 24.2 Å². The summed E-state index contributed by atoms with van der Waals surface area (Å²) in [6, 6.07) is 11.0. The molecule has 1 aromatic carbocycles. The quantitative estimate of drug-likeness (QED) is 0.543. The Kier molecular flexibility index (Phi) is 6.52. The van der Waals surface area contributed by atoms with Gasteiger partial charge in [-0.3, -0.25) is 4.90 Å². The van der Waals surface area contributed by atoms with Gasteiger partial charge in [-0.2, -0.15) is 4.73 Å². The normalized spacial score (nSPS) is 16.6. The molecule has 0 aliphatic carbocycles. The van der Waals surface area contributed by atoms with Gasteiger partial charge in [-0.1, -0.05) is 0 Å². The van der Waals surface area contributed by atoms with Gasteiger partial charge >= 0.3 is 11.9 Å². The fraction of sp³-hybridized carbons (Fsp3) is 0.318. The Morgan fingerprint density at radius 2 is 2.00 bits per heavy atom. The number of carboxylic acids is 1. The number of pyridine rings is 1. The monoisotopic (exact) mass is 441 g/mol. The summed E-state index contributed by atoms with van der Waals surface area (Å²) < 4.78 is 17.9. The van der Waals surface area contributed by atoms with E-state index in [1.165, 1.54) is 0 Å². The third kappa shape index (κ3) is 4.98. The van der Waals surface area contributed by atoms with Crippen LogP contribution >= 0.6 is 0 Å². The lowest BCUT2D eigenvalue weighted by atomic mass is 10.2. The lowest BCUT2D eigenvalue weighted by Crippen LogP contribution is -2.44. The van der Waals surface area contributed by atoms with Gasteiger partial charge in [-0.05, 0) is 42.0 Å². The Morgan fingerprint density at radius 1 is 1.22 bits per heavy atom. The minimum absolute atomic E-state index is 0.109. The molecule has 10 heteroatoms. The number of fused-ring (bicyclic) bond motifs is 1. The molecular formula is C22H23N3O7. The second-order valence-electron chi connectivity index (χ2n) is 7.25. The highest BCUT2D eigenvalue weighted by molar-refractivity contribution is 6.28. The van der Waals surface area contributed by atoms with Crippen LogP contribution in [0.3, 0.4) is 0 Å². The molecule has 0 spiro atoms. The van der Waals surface area contributed by atoms with Crippen molar-refractivity contribution in [3.8, 4) is 11.5 Å². The molecule has 2 aromatic heterocycles. The Balaban J connectivity index is 1.41. The summed E-state index contributed by atoms with van der Waals surface area (Å²) in [4.78, 5) is 33.7. The van der Waals surface area contributed by atoms with E-state index in [9.17, 15) is 9.59 Å². The van der Waals surface area contributed by atoms with E-state index in [0.717, 1.165) is 33.7 Å². The first-order valence-corrected chi connectivity index (χ1v) is 10.0. The Hall–Kier alpha value is -3.63. The number of hydrogen-bond donors (Lipinski definition) is 1. The zero-order valence-electron chi connectivity index (χ0n) is 17.5. The highest BCUT2D eigenvalue weighted by Crippen LogP contribution is 2.22. The average Bonchev–Trinajstić information content (AvgIpc) is 3.15. The molecule has 1 aliphatic heterocycles. The van der Waals surface area contributed by atoms with Crippen molar-refractivity contribution in [2.24, 2.45) is 0 Å². The summed E-state index contributed by atoms with van der Waals surface area (Å²) >= 11 is 0. The van der Waals surface area contributed by atoms with Crippen molar-refractivity contribution >= 4 is 23.0 Å². The number of carbonyl (C=O) groups excluding carboxylic acids is 1. The summed E-state index contributed by atoms with van der Waals surface area (Å²) in [6.45, 7) is 2.89. The maximum atomic E-state index is 11.5. The number of ether oxygens (including phenoxy) is 3. The molecule has 1 fully saturated rings. The average molecular weight is 441 g/mol. The van der Waals surface area contributed by atoms with Crippen LogP contribution in [0.25, 0.3) is 11.0 Å². The second-order valence-corrected chi connectivity index (χ2v) is 7.25. The van der Waals surface area contributed by atoms with Gasteiger partial charge in [-0.15, -0.1) is 0 Å². The first-order valence-electron chi connectivity index (χ1n) is 10.0. The molecule has 0 amide bonds. The number of carboxylic acid groups (broad SMARTS) is 1. The van der Waals surface area contributed by atoms with Crippen molar-refractivity contribution in [2.75, 3.05) is 33.4 Å². The molecule has 10 nitrogen and oxygen atoms in total. The van der Waals surface area contributed by atoms with Crippen LogP contribution in [0.1, 0.15) is 5.56 Å². The minimum atomic E-state index is -1.67. The third-order valence-electron chi connectivity index (χ3n) is 5.08. The number of benzene rings is 1. The molecule has 1 atom stereocenters. The maximum absolute atomic E-state index is 11.5. The zero-order chi connectivity index (χ0) is 22.5. The summed E-state index contributed by atoms with van der Waals surface area (Å²) in [5.41, 5.74) is 1.24. The van der Waals surface area contributed by atoms with E-state index in [-0.39, 0.29) is 6.10 Å². The van der Waals surface area contributed by atoms with Gasteiger partial charge in [0, 0.05) is 31.2 Å². The molecule has 168 valence electrons. The van der Waals surface area contributed by atoms with Gasteiger partial charge in [0.05, 0.1) is 19.9 Å². The molecule has 0 bridgehead atoms. The van der Waals surface area contributed by atoms with E-state index in [1.54, 1.807) is 25.6 Å². The molecule has 1 N–H and O–H groups in total. The van der Waals surface area contributed by atoms with Crippen LogP contribution in [0.4, 0.5) is 0 Å². The van der Waals surface area contributed by atoms with Crippen molar-refractivity contribution in [1.82, 2.24) is 14.6 Å². The van der Waals surface area contributed by atoms with Crippen molar-refractivity contribution in [2.45, 2.75) is 12.6 Å². The van der Waals surface area contributed by atoms with Gasteiger partial charge < -0.3 is 24.2 Å². The number of rotatable bonds is 7. The standard InChI is InChI=1S/C22H23N3O7/c1-29-16-4-6-17(7-5-16)31-14-18-13-24(9-10-30-18)11-15-12-25(32-22(28)21(26)27)20-19(15)3-2-8-23-20/h2-8,12,18H,9-11,13-14H2,1H3,(H,26,27)/t18-/m0/s1. The van der Waals surface area contributed by atoms with Crippen LogP contribution in [0.2, 0.25) is 0 Å². The number of aliphatic carboxylic acids is 1. The van der Waals surface area contributed by atoms with E-state index in [1.807, 2.05) is 30.3 Å². The van der Waals surface area contributed by atoms with Crippen LogP contribution in [0.5, 0.6) is 11.5 Å². The minimum Gasteiger partial charge on any atom is -0.497 e. The topological polar surface area (TPSA) is 112 Å². The van der Waals surface area contributed by atoms with E-state index >= 15 is 0 Å². The Bertz CT molecular complexity index is 1100. The van der Waals surface area contributed by atoms with Gasteiger partial charge in [-0.25, -0.2) is 14.6 Å². The Labute approximate surface area is 183 Å². The van der Waals surface area contributed by atoms with Crippen LogP contribution < -0.4 is 14.3 Å². The van der Waals surface area contributed by atoms with Crippen molar-refractivity contribution in [1.29, 1.82) is 0 Å². The highest BCUT2D eigenvalue weighted by atomic mass is 16.7. The van der Waals surface area contributed by atoms with Crippen LogP contribution in [0, 0.1) is 0 Å². The van der Waals surface area contributed by atoms with Gasteiger partial charge in [0.2, 0.25) is 0 Å². The fourth-order valence-corrected chi connectivity index (χ4v) is 3.55. The van der Waals surface area contributed by atoms with Crippen LogP contribution in [-0.4, -0.2) is 71.2 Å². The van der Waals surface area contributed by atoms with E-state index in [2.05, 4.69) is 9.88 Å². The molecule has 1 aliphatic rings. The predicted octanol–water partition coefficient (Wildman–Crippen LogP) is 1.36. The smallest absolute Gasteiger partial charge is 0.441 e. The van der Waals surface area contributed by atoms with E-state index < -0.39 is 11.9 Å². The predicted molar refractivity (Wildman–Crippen MR) is 112 cm³/mol. The SMILES string of the molecule is COc1ccc(OC[C@@H]2CN(Cc3cn(OC(=O)C(=O)O)c4ncccc34)CCO2)cc1. The molecule has 0 unspecified atom stereocenters. The molecule has 0 saturated carbocycles. The molecule has 0 radical (unpaired) electrons. The van der Waals surface area contributed by atoms with Crippen molar-refractivity contribution < 1.29 is 33.7 Å². The Morgan fingerprint density at radius 3 is 2.75 bits per heavy atom. The number of nitrogens with zero attached hydrogens (tertiary/aromatic N) is 3. The number of methoxy groups -OCH3 is 1. The fourth-order valence-electron chi connectivity index (χ4n) is 3.55. The van der Waals surface area contributed by atoms with Gasteiger partial charge in [0.15, 0.2) is 5.65 Å². The molecular weight excluding hydrogens is 418 g/mol. The van der Waals surface area contributed by atoms with E-state index in [0.29, 0.717) is 32.0 Å². The summed E-state index contributed by atoms with van der Waals surface area (Å²) in [5, 5.41) is 9.60. The van der Waals surface area contributed by atoms with Gasteiger partial charge in [0.25, 0.3) is 0 Å².